The molecule has 1 radical (unpaired) electrons. The molecule has 0 spiro atoms. The van der Waals surface area contributed by atoms with Gasteiger partial charge < -0.3 is 20.4 Å². The fourth-order valence-electron chi connectivity index (χ4n) is 8.25. The number of rotatable bonds is 10. The third kappa shape index (κ3) is 13.8. The van der Waals surface area contributed by atoms with E-state index in [1.807, 2.05) is 12.4 Å². The molecular weight excluding hydrogens is 789 g/mol. The van der Waals surface area contributed by atoms with Gasteiger partial charge >= 0.3 is 17.9 Å². The Bertz CT molecular complexity index is 1840. The third-order valence-corrected chi connectivity index (χ3v) is 11.6. The van der Waals surface area contributed by atoms with Crippen molar-refractivity contribution >= 4 is 30.3 Å². The summed E-state index contributed by atoms with van der Waals surface area (Å²) in [5.41, 5.74) is 5.59. The quantitative estimate of drug-likeness (QED) is 0.0811. The van der Waals surface area contributed by atoms with E-state index in [9.17, 15) is 10.2 Å². The zero-order chi connectivity index (χ0) is 43.0. The minimum absolute atomic E-state index is 0. The number of hydrogen-bond donors (Lipinski definition) is 4. The van der Waals surface area contributed by atoms with E-state index in [1.54, 1.807) is 0 Å². The molecule has 2 aromatic rings. The average Bonchev–Trinajstić information content (AvgIpc) is 3.13. The van der Waals surface area contributed by atoms with Crippen LogP contribution in [0.25, 0.3) is 0 Å². The maximum Gasteiger partial charge on any atom is 0.414 e. The molecule has 12 heteroatoms. The molecule has 329 valence electrons. The normalized spacial score (nSPS) is 19.0. The molecule has 11 nitrogen and oxygen atoms in total. The van der Waals surface area contributed by atoms with Crippen LogP contribution >= 0.6 is 0 Å². The number of hydrogen-bond acceptors (Lipinski definition) is 8. The molecule has 1 saturated heterocycles. The van der Waals surface area contributed by atoms with Crippen molar-refractivity contribution in [2.75, 3.05) is 39.8 Å². The second-order valence-corrected chi connectivity index (χ2v) is 19.6. The number of aliphatic imine (C=N–C) groups is 2. The first-order valence-electron chi connectivity index (χ1n) is 21.4. The largest absolute Gasteiger partial charge is 0.507 e. The number of nitrogens with zero attached hydrogens (tertiary/aromatic N) is 5. The number of carboxylic acids is 2. The van der Waals surface area contributed by atoms with Gasteiger partial charge in [-0.1, -0.05) is 87.3 Å². The Labute approximate surface area is 363 Å². The van der Waals surface area contributed by atoms with Crippen LogP contribution in [0.4, 0.5) is 0 Å². The van der Waals surface area contributed by atoms with Crippen molar-refractivity contribution in [3.8, 4) is 11.5 Å². The number of phenolic OH excluding ortho intramolecular Hbond substituents is 2. The maximum absolute atomic E-state index is 11.5. The number of aromatic hydroxyl groups is 2. The molecular formula is C47H72CoN5O6+. The zero-order valence-electron chi connectivity index (χ0n) is 37.4. The molecule has 5 rings (SSSR count). The molecule has 2 aromatic carbocycles. The van der Waals surface area contributed by atoms with Crippen molar-refractivity contribution < 1.29 is 51.4 Å². The minimum Gasteiger partial charge on any atom is -0.507 e. The molecule has 2 aliphatic heterocycles. The van der Waals surface area contributed by atoms with Gasteiger partial charge in [0.2, 0.25) is 0 Å². The van der Waals surface area contributed by atoms with Crippen LogP contribution in [0.15, 0.2) is 34.3 Å². The summed E-state index contributed by atoms with van der Waals surface area (Å²) in [6, 6.07) is 8.71. The summed E-state index contributed by atoms with van der Waals surface area (Å²) >= 11 is 0. The van der Waals surface area contributed by atoms with Gasteiger partial charge in [-0.05, 0) is 78.0 Å². The van der Waals surface area contributed by atoms with Crippen LogP contribution in [-0.4, -0.2) is 117 Å². The van der Waals surface area contributed by atoms with Gasteiger partial charge in [-0.2, -0.15) is 0 Å². The van der Waals surface area contributed by atoms with Crippen molar-refractivity contribution in [3.05, 3.63) is 57.6 Å². The van der Waals surface area contributed by atoms with E-state index in [0.717, 1.165) is 73.9 Å². The summed E-state index contributed by atoms with van der Waals surface area (Å²) in [5, 5.41) is 37.7. The Hall–Kier alpha value is -3.90. The van der Waals surface area contributed by atoms with Gasteiger partial charge in [-0.3, -0.25) is 24.4 Å². The number of fused-ring (bicyclic) bond motifs is 1. The zero-order valence-corrected chi connectivity index (χ0v) is 38.4. The van der Waals surface area contributed by atoms with Crippen molar-refractivity contribution in [1.29, 1.82) is 0 Å². The van der Waals surface area contributed by atoms with E-state index in [-0.39, 0.29) is 45.1 Å². The van der Waals surface area contributed by atoms with E-state index < -0.39 is 11.9 Å². The van der Waals surface area contributed by atoms with Crippen molar-refractivity contribution in [1.82, 2.24) is 9.80 Å². The number of aryl methyl sites for hydroxylation is 1. The Kier molecular flexibility index (Phi) is 17.7. The first-order valence-corrected chi connectivity index (χ1v) is 21.4. The van der Waals surface area contributed by atoms with Gasteiger partial charge in [-0.25, -0.2) is 9.59 Å². The molecule has 0 bridgehead atoms. The summed E-state index contributed by atoms with van der Waals surface area (Å²) in [6.45, 7) is 25.5. The van der Waals surface area contributed by atoms with Crippen molar-refractivity contribution in [2.45, 2.75) is 155 Å². The molecule has 0 amide bonds. The van der Waals surface area contributed by atoms with E-state index in [1.165, 1.54) is 62.4 Å². The standard InChI is InChI=1S/C45H69N5O2.C2H2O4.Co/c1-43(2,3)35-28-34(41(52)37(29-35)45(7,8)9)31-47-39-20-14-13-19-38(39)46-30-33-26-32(27-36(40(33)51)44(4,5)6)18-12-11-15-22-49-24-17-25-50-23-16-21-48(10)42(49)50;3-1(4)2(5)6;/h26-31,38-39H,11-25H2,1-10H3,(H-,46,47,51,52);(H,3,4)(H,5,6);/p+1. The maximum atomic E-state index is 11.5. The molecule has 3 aliphatic rings. The van der Waals surface area contributed by atoms with Crippen molar-refractivity contribution in [3.63, 3.8) is 0 Å². The van der Waals surface area contributed by atoms with Crippen LogP contribution < -0.4 is 0 Å². The van der Waals surface area contributed by atoms with Crippen LogP contribution in [0.2, 0.25) is 0 Å². The average molecular weight is 862 g/mol. The first-order chi connectivity index (χ1) is 27.1. The minimum atomic E-state index is -1.82. The van der Waals surface area contributed by atoms with Gasteiger partial charge in [-0.15, -0.1) is 0 Å². The Morgan fingerprint density at radius 2 is 1.24 bits per heavy atom. The second kappa shape index (κ2) is 21.1. The number of aliphatic carboxylic acids is 2. The van der Waals surface area contributed by atoms with E-state index >= 15 is 0 Å². The molecule has 0 aromatic heterocycles. The van der Waals surface area contributed by atoms with Gasteiger partial charge in [0.1, 0.15) is 11.5 Å². The predicted molar refractivity (Wildman–Crippen MR) is 235 cm³/mol. The van der Waals surface area contributed by atoms with Crippen LogP contribution in [0, 0.1) is 0 Å². The molecule has 2 heterocycles. The molecule has 2 unspecified atom stereocenters. The summed E-state index contributed by atoms with van der Waals surface area (Å²) in [4.78, 5) is 33.6. The number of phenols is 2. The molecule has 2 atom stereocenters. The fraction of sp³-hybridized carbons (Fsp3) is 0.638. The number of unbranched alkanes of at least 4 members (excludes halogenated alkanes) is 2. The summed E-state index contributed by atoms with van der Waals surface area (Å²) in [6.07, 6.45) is 15.0. The number of carboxylic acid groups (broad SMARTS) is 2. The molecule has 1 aliphatic carbocycles. The number of benzene rings is 2. The van der Waals surface area contributed by atoms with E-state index in [4.69, 9.17) is 29.8 Å². The van der Waals surface area contributed by atoms with E-state index in [0.29, 0.717) is 11.5 Å². The summed E-state index contributed by atoms with van der Waals surface area (Å²) in [7, 11) is 2.25. The summed E-state index contributed by atoms with van der Waals surface area (Å²) < 4.78 is 2.46. The number of guanidine groups is 1. The first kappa shape index (κ1) is 49.5. The SMILES string of the molecule is C[N+]1=C2N(CCCCCc3cc(C=NC4CCCCC4N=Cc4cc(C(C)(C)C)cc(C(C)(C)C)c4O)c(O)c(C(C)(C)C)c3)CCCN2CCC1.O=C(O)C(=O)O.[Co]. The summed E-state index contributed by atoms with van der Waals surface area (Å²) in [5.74, 6) is -1.53. The molecule has 2 fully saturated rings. The Balaban J connectivity index is 0.00000123. The third-order valence-electron chi connectivity index (χ3n) is 11.6. The Morgan fingerprint density at radius 3 is 1.76 bits per heavy atom. The van der Waals surface area contributed by atoms with Crippen LogP contribution in [0.5, 0.6) is 11.5 Å². The van der Waals surface area contributed by atoms with Crippen LogP contribution in [0.1, 0.15) is 153 Å². The topological polar surface area (TPSA) is 149 Å². The molecule has 1 saturated carbocycles. The monoisotopic (exact) mass is 861 g/mol. The van der Waals surface area contributed by atoms with Crippen LogP contribution in [0.3, 0.4) is 0 Å². The van der Waals surface area contributed by atoms with Crippen molar-refractivity contribution in [2.24, 2.45) is 9.98 Å². The van der Waals surface area contributed by atoms with E-state index in [2.05, 4.69) is 108 Å². The molecule has 59 heavy (non-hydrogen) atoms. The van der Waals surface area contributed by atoms with Gasteiger partial charge in [0, 0.05) is 64.3 Å². The van der Waals surface area contributed by atoms with Gasteiger partial charge in [0.05, 0.1) is 51.9 Å². The van der Waals surface area contributed by atoms with Gasteiger partial charge in [0.25, 0.3) is 0 Å². The Morgan fingerprint density at radius 1 is 0.712 bits per heavy atom. The number of carbonyl (C=O) groups is 2. The second-order valence-electron chi connectivity index (χ2n) is 19.6. The fourth-order valence-corrected chi connectivity index (χ4v) is 8.25. The van der Waals surface area contributed by atoms with Crippen LogP contribution in [-0.2, 0) is 49.0 Å². The van der Waals surface area contributed by atoms with Gasteiger partial charge in [0.15, 0.2) is 0 Å². The molecule has 4 N–H and O–H groups in total. The predicted octanol–water partition coefficient (Wildman–Crippen LogP) is 8.12. The smallest absolute Gasteiger partial charge is 0.414 e.